The van der Waals surface area contributed by atoms with Crippen LogP contribution in [0.5, 0.6) is 0 Å². The van der Waals surface area contributed by atoms with Gasteiger partial charge >= 0.3 is 0 Å². The highest BCUT2D eigenvalue weighted by Crippen LogP contribution is 2.38. The van der Waals surface area contributed by atoms with E-state index in [0.29, 0.717) is 18.5 Å². The van der Waals surface area contributed by atoms with Gasteiger partial charge in [-0.1, -0.05) is 0 Å². The van der Waals surface area contributed by atoms with Gasteiger partial charge in [0.2, 0.25) is 5.95 Å². The Morgan fingerprint density at radius 3 is 2.64 bits per heavy atom. The molecule has 4 heterocycles. The van der Waals surface area contributed by atoms with Crippen LogP contribution in [-0.4, -0.2) is 74.3 Å². The highest BCUT2D eigenvalue weighted by molar-refractivity contribution is 5.82. The maximum Gasteiger partial charge on any atom is 0.241 e. The zero-order valence-corrected chi connectivity index (χ0v) is 21.5. The van der Waals surface area contributed by atoms with E-state index in [4.69, 9.17) is 9.84 Å². The maximum atomic E-state index is 10.3. The number of aliphatic hydroxyl groups is 2. The molecule has 2 aliphatic rings. The summed E-state index contributed by atoms with van der Waals surface area (Å²) in [5, 5.41) is 28.6. The average Bonchev–Trinajstić information content (AvgIpc) is 3.23. The molecule has 9 nitrogen and oxygen atoms in total. The molecule has 1 aliphatic heterocycles. The number of hydrogen-bond donors (Lipinski definition) is 3. The van der Waals surface area contributed by atoms with Crippen molar-refractivity contribution in [1.82, 2.24) is 19.6 Å². The largest absolute Gasteiger partial charge is 0.393 e. The van der Waals surface area contributed by atoms with Gasteiger partial charge in [-0.05, 0) is 76.1 Å². The minimum Gasteiger partial charge on any atom is -0.393 e. The second-order valence-corrected chi connectivity index (χ2v) is 10.8. The summed E-state index contributed by atoms with van der Waals surface area (Å²) in [6.45, 7) is 6.09. The number of anilines is 2. The molecule has 1 saturated carbocycles. The van der Waals surface area contributed by atoms with Crippen molar-refractivity contribution in [2.45, 2.75) is 76.0 Å². The molecule has 0 radical (unpaired) electrons. The van der Waals surface area contributed by atoms with E-state index < -0.39 is 5.60 Å². The first-order valence-electron chi connectivity index (χ1n) is 13.1. The van der Waals surface area contributed by atoms with Gasteiger partial charge in [-0.25, -0.2) is 14.5 Å². The Bertz CT molecular complexity index is 1180. The summed E-state index contributed by atoms with van der Waals surface area (Å²) in [4.78, 5) is 11.5. The zero-order chi connectivity index (χ0) is 25.3. The van der Waals surface area contributed by atoms with Crippen LogP contribution < -0.4 is 10.2 Å². The van der Waals surface area contributed by atoms with E-state index in [1.165, 1.54) is 0 Å². The third-order valence-corrected chi connectivity index (χ3v) is 7.67. The lowest BCUT2D eigenvalue weighted by Gasteiger charge is -2.36. The number of pyridine rings is 1. The monoisotopic (exact) mass is 494 g/mol. The summed E-state index contributed by atoms with van der Waals surface area (Å²) in [5.41, 5.74) is 3.68. The van der Waals surface area contributed by atoms with Gasteiger partial charge < -0.3 is 25.2 Å². The van der Waals surface area contributed by atoms with Crippen LogP contribution in [-0.2, 0) is 4.74 Å². The fraction of sp³-hybridized carbons (Fsp3) is 0.593. The Labute approximate surface area is 212 Å². The third kappa shape index (κ3) is 5.33. The van der Waals surface area contributed by atoms with Crippen LogP contribution in [0, 0.1) is 0 Å². The van der Waals surface area contributed by atoms with E-state index in [1.54, 1.807) is 7.11 Å². The van der Waals surface area contributed by atoms with Crippen molar-refractivity contribution in [1.29, 1.82) is 0 Å². The first-order chi connectivity index (χ1) is 17.3. The van der Waals surface area contributed by atoms with Crippen molar-refractivity contribution in [3.63, 3.8) is 0 Å². The molecule has 3 N–H and O–H groups in total. The predicted molar refractivity (Wildman–Crippen MR) is 140 cm³/mol. The number of ether oxygens (including phenoxy) is 1. The normalized spacial score (nSPS) is 23.1. The molecule has 1 atom stereocenters. The fourth-order valence-electron chi connectivity index (χ4n) is 5.46. The second-order valence-electron chi connectivity index (χ2n) is 10.8. The summed E-state index contributed by atoms with van der Waals surface area (Å²) in [5.74, 6) is 1.83. The number of rotatable bonds is 7. The molecule has 5 rings (SSSR count). The van der Waals surface area contributed by atoms with Crippen molar-refractivity contribution in [2.24, 2.45) is 0 Å². The molecule has 3 aromatic heterocycles. The minimum absolute atomic E-state index is 0.0869. The lowest BCUT2D eigenvalue weighted by atomic mass is 9.85. The zero-order valence-electron chi connectivity index (χ0n) is 21.5. The molecule has 1 aliphatic carbocycles. The minimum atomic E-state index is -0.598. The van der Waals surface area contributed by atoms with Gasteiger partial charge in [0.25, 0.3) is 0 Å². The molecule has 194 valence electrons. The van der Waals surface area contributed by atoms with Crippen LogP contribution in [0.4, 0.5) is 11.8 Å². The Morgan fingerprint density at radius 1 is 1.17 bits per heavy atom. The second kappa shape index (κ2) is 10.3. The molecule has 9 heteroatoms. The molecule has 0 bridgehead atoms. The van der Waals surface area contributed by atoms with Gasteiger partial charge in [-0.3, -0.25) is 0 Å². The Hall–Kier alpha value is -2.75. The number of piperidine rings is 1. The topological polar surface area (TPSA) is 108 Å². The smallest absolute Gasteiger partial charge is 0.241 e. The molecule has 0 unspecified atom stereocenters. The molecular formula is C27H38N6O3. The standard InChI is InChI=1S/C27H38N6O3/c1-18(17-36-3)30-26-29-16-24-22(15-23(33(24)31-26)19-4-6-21(34)7-5-19)20-8-11-28-25(14-20)32-12-9-27(2,35)10-13-32/h8,11,14-16,18-19,21,34-35H,4-7,9-10,12-13,17H2,1-3H3,(H,30,31)/t18-,19?,21?/m0/s1. The number of hydrogen-bond acceptors (Lipinski definition) is 8. The van der Waals surface area contributed by atoms with Crippen molar-refractivity contribution >= 4 is 17.3 Å². The van der Waals surface area contributed by atoms with Crippen LogP contribution in [0.3, 0.4) is 0 Å². The lowest BCUT2D eigenvalue weighted by molar-refractivity contribution is 0.0350. The average molecular weight is 495 g/mol. The van der Waals surface area contributed by atoms with E-state index in [2.05, 4.69) is 32.3 Å². The summed E-state index contributed by atoms with van der Waals surface area (Å²) >= 11 is 0. The molecule has 3 aromatic rings. The van der Waals surface area contributed by atoms with Crippen LogP contribution in [0.25, 0.3) is 16.6 Å². The molecule has 36 heavy (non-hydrogen) atoms. The summed E-state index contributed by atoms with van der Waals surface area (Å²) in [6.07, 6.45) is 8.52. The van der Waals surface area contributed by atoms with Crippen molar-refractivity contribution in [3.8, 4) is 11.1 Å². The number of nitrogens with one attached hydrogen (secondary N) is 1. The first kappa shape index (κ1) is 24.9. The number of aromatic nitrogens is 4. The molecule has 0 amide bonds. The third-order valence-electron chi connectivity index (χ3n) is 7.67. The van der Waals surface area contributed by atoms with Gasteiger partial charge in [-0.2, -0.15) is 0 Å². The van der Waals surface area contributed by atoms with Crippen molar-refractivity contribution in [3.05, 3.63) is 36.3 Å². The lowest BCUT2D eigenvalue weighted by Crippen LogP contribution is -2.42. The SMILES string of the molecule is COC[C@H](C)Nc1ncc2c(-c3ccnc(N4CCC(C)(O)CC4)c3)cc(C3CCC(O)CC3)n2n1. The highest BCUT2D eigenvalue weighted by Gasteiger charge is 2.29. The molecule has 2 fully saturated rings. The quantitative estimate of drug-likeness (QED) is 0.457. The van der Waals surface area contributed by atoms with E-state index in [9.17, 15) is 10.2 Å². The number of methoxy groups -OCH3 is 1. The van der Waals surface area contributed by atoms with E-state index in [-0.39, 0.29) is 12.1 Å². The van der Waals surface area contributed by atoms with Gasteiger partial charge in [0, 0.05) is 49.6 Å². The molecule has 0 spiro atoms. The van der Waals surface area contributed by atoms with Crippen LogP contribution in [0.15, 0.2) is 30.6 Å². The number of nitrogens with zero attached hydrogens (tertiary/aromatic N) is 5. The van der Waals surface area contributed by atoms with Crippen LogP contribution >= 0.6 is 0 Å². The number of fused-ring (bicyclic) bond motifs is 1. The van der Waals surface area contributed by atoms with E-state index in [1.807, 2.05) is 36.8 Å². The van der Waals surface area contributed by atoms with Gasteiger partial charge in [0.15, 0.2) is 0 Å². The van der Waals surface area contributed by atoms with Crippen molar-refractivity contribution in [2.75, 3.05) is 37.0 Å². The Morgan fingerprint density at radius 2 is 1.92 bits per heavy atom. The maximum absolute atomic E-state index is 10.3. The molecular weight excluding hydrogens is 456 g/mol. The fourth-order valence-corrected chi connectivity index (χ4v) is 5.46. The van der Waals surface area contributed by atoms with Gasteiger partial charge in [0.05, 0.1) is 30.0 Å². The van der Waals surface area contributed by atoms with Gasteiger partial charge in [0.1, 0.15) is 5.82 Å². The Balaban J connectivity index is 1.51. The predicted octanol–water partition coefficient (Wildman–Crippen LogP) is 3.61. The molecule has 1 saturated heterocycles. The Kier molecular flexibility index (Phi) is 7.14. The summed E-state index contributed by atoms with van der Waals surface area (Å²) in [6, 6.07) is 6.51. The first-order valence-corrected chi connectivity index (χ1v) is 13.1. The van der Waals surface area contributed by atoms with Crippen LogP contribution in [0.2, 0.25) is 0 Å². The van der Waals surface area contributed by atoms with Gasteiger partial charge in [-0.15, -0.1) is 5.10 Å². The number of aliphatic hydroxyl groups excluding tert-OH is 1. The summed E-state index contributed by atoms with van der Waals surface area (Å²) < 4.78 is 7.29. The summed E-state index contributed by atoms with van der Waals surface area (Å²) in [7, 11) is 1.69. The van der Waals surface area contributed by atoms with E-state index in [0.717, 1.165) is 79.8 Å². The van der Waals surface area contributed by atoms with Crippen molar-refractivity contribution < 1.29 is 14.9 Å². The van der Waals surface area contributed by atoms with Crippen LogP contribution in [0.1, 0.15) is 64.0 Å². The molecule has 0 aromatic carbocycles. The van der Waals surface area contributed by atoms with E-state index >= 15 is 0 Å². The highest BCUT2D eigenvalue weighted by atomic mass is 16.5.